The van der Waals surface area contributed by atoms with Gasteiger partial charge in [-0.1, -0.05) is 13.0 Å². The van der Waals surface area contributed by atoms with Crippen LogP contribution >= 0.6 is 0 Å². The number of nitrogens with one attached hydrogen (secondary N) is 1. The van der Waals surface area contributed by atoms with Crippen molar-refractivity contribution in [1.29, 1.82) is 0 Å². The highest BCUT2D eigenvalue weighted by Crippen LogP contribution is 2.22. The van der Waals surface area contributed by atoms with Crippen LogP contribution in [0.25, 0.3) is 0 Å². The van der Waals surface area contributed by atoms with Gasteiger partial charge in [0.1, 0.15) is 0 Å². The Balaban J connectivity index is 1.54. The monoisotopic (exact) mass is 386 g/mol. The molecule has 0 bridgehead atoms. The lowest BCUT2D eigenvalue weighted by molar-refractivity contribution is -0.138. The van der Waals surface area contributed by atoms with Gasteiger partial charge in [0.25, 0.3) is 5.91 Å². The van der Waals surface area contributed by atoms with Gasteiger partial charge in [-0.15, -0.1) is 0 Å². The summed E-state index contributed by atoms with van der Waals surface area (Å²) in [5.74, 6) is 0.137. The zero-order valence-electron chi connectivity index (χ0n) is 16.8. The predicted octanol–water partition coefficient (Wildman–Crippen LogP) is 1.66. The van der Waals surface area contributed by atoms with Gasteiger partial charge in [-0.25, -0.2) is 0 Å². The number of anilines is 1. The summed E-state index contributed by atoms with van der Waals surface area (Å²) in [6.45, 7) is 6.42. The van der Waals surface area contributed by atoms with Crippen molar-refractivity contribution >= 4 is 23.4 Å². The summed E-state index contributed by atoms with van der Waals surface area (Å²) in [7, 11) is 2.08. The summed E-state index contributed by atoms with van der Waals surface area (Å²) in [6, 6.07) is 7.05. The van der Waals surface area contributed by atoms with Gasteiger partial charge in [0.15, 0.2) is 0 Å². The Labute approximate surface area is 166 Å². The van der Waals surface area contributed by atoms with Crippen molar-refractivity contribution in [2.75, 3.05) is 51.6 Å². The van der Waals surface area contributed by atoms with Crippen molar-refractivity contribution in [3.8, 4) is 0 Å². The fourth-order valence-corrected chi connectivity index (χ4v) is 3.78. The molecule has 1 N–H and O–H groups in total. The molecule has 0 aromatic heterocycles. The van der Waals surface area contributed by atoms with E-state index in [1.54, 1.807) is 31.2 Å². The molecule has 7 nitrogen and oxygen atoms in total. The van der Waals surface area contributed by atoms with E-state index in [1.807, 2.05) is 9.80 Å². The molecule has 2 aliphatic heterocycles. The highest BCUT2D eigenvalue weighted by molar-refractivity contribution is 5.97. The molecule has 0 aliphatic carbocycles. The fraction of sp³-hybridized carbons (Fsp3) is 0.571. The largest absolute Gasteiger partial charge is 0.340 e. The minimum absolute atomic E-state index is 0.0163. The van der Waals surface area contributed by atoms with E-state index in [2.05, 4.69) is 17.3 Å². The average Bonchev–Trinajstić information content (AvgIpc) is 2.73. The number of benzene rings is 1. The third-order valence-electron chi connectivity index (χ3n) is 5.66. The van der Waals surface area contributed by atoms with Gasteiger partial charge in [-0.2, -0.15) is 0 Å². The first-order valence-electron chi connectivity index (χ1n) is 10.1. The van der Waals surface area contributed by atoms with E-state index in [-0.39, 0.29) is 23.6 Å². The molecule has 0 spiro atoms. The maximum atomic E-state index is 12.8. The lowest BCUT2D eigenvalue weighted by atomic mass is 9.94. The molecule has 0 unspecified atom stereocenters. The highest BCUT2D eigenvalue weighted by atomic mass is 16.2. The first kappa shape index (κ1) is 20.3. The van der Waals surface area contributed by atoms with Gasteiger partial charge in [-0.3, -0.25) is 14.4 Å². The van der Waals surface area contributed by atoms with Crippen molar-refractivity contribution in [2.24, 2.45) is 5.92 Å². The van der Waals surface area contributed by atoms with Crippen LogP contribution in [0, 0.1) is 5.92 Å². The molecule has 28 heavy (non-hydrogen) atoms. The smallest absolute Gasteiger partial charge is 0.253 e. The number of carbonyl (C=O) groups excluding carboxylic acids is 3. The van der Waals surface area contributed by atoms with E-state index in [9.17, 15) is 14.4 Å². The number of carbonyl (C=O) groups is 3. The number of piperazine rings is 1. The predicted molar refractivity (Wildman–Crippen MR) is 108 cm³/mol. The Bertz CT molecular complexity index is 720. The number of likely N-dealkylation sites (tertiary alicyclic amines) is 1. The molecule has 3 rings (SSSR count). The van der Waals surface area contributed by atoms with Crippen molar-refractivity contribution in [2.45, 2.75) is 26.2 Å². The Morgan fingerprint density at radius 1 is 1.00 bits per heavy atom. The van der Waals surface area contributed by atoms with Gasteiger partial charge in [-0.05, 0) is 38.1 Å². The molecule has 152 valence electrons. The summed E-state index contributed by atoms with van der Waals surface area (Å²) in [6.07, 6.45) is 1.82. The topological polar surface area (TPSA) is 73.0 Å². The van der Waals surface area contributed by atoms with Crippen LogP contribution < -0.4 is 5.32 Å². The van der Waals surface area contributed by atoms with Crippen LogP contribution in [0.5, 0.6) is 0 Å². The van der Waals surface area contributed by atoms with Gasteiger partial charge in [0.05, 0.1) is 0 Å². The van der Waals surface area contributed by atoms with Gasteiger partial charge >= 0.3 is 0 Å². The molecular weight excluding hydrogens is 356 g/mol. The number of hydrogen-bond donors (Lipinski definition) is 1. The number of nitrogens with zero attached hydrogens (tertiary/aromatic N) is 3. The lowest BCUT2D eigenvalue weighted by Gasteiger charge is -2.37. The Hall–Kier alpha value is -2.41. The minimum atomic E-state index is -0.0761. The summed E-state index contributed by atoms with van der Waals surface area (Å²) in [5.41, 5.74) is 1.20. The molecule has 3 amide bonds. The molecule has 1 aromatic carbocycles. The van der Waals surface area contributed by atoms with E-state index < -0.39 is 0 Å². The van der Waals surface area contributed by atoms with E-state index in [1.165, 1.54) is 0 Å². The summed E-state index contributed by atoms with van der Waals surface area (Å²) >= 11 is 0. The van der Waals surface area contributed by atoms with Crippen LogP contribution in [0.3, 0.4) is 0 Å². The first-order valence-corrected chi connectivity index (χ1v) is 10.1. The van der Waals surface area contributed by atoms with Crippen LogP contribution in [0.1, 0.15) is 36.5 Å². The van der Waals surface area contributed by atoms with Crippen LogP contribution in [0.2, 0.25) is 0 Å². The Morgan fingerprint density at radius 2 is 1.68 bits per heavy atom. The van der Waals surface area contributed by atoms with E-state index in [4.69, 9.17) is 0 Å². The second-order valence-electron chi connectivity index (χ2n) is 7.68. The maximum Gasteiger partial charge on any atom is 0.253 e. The molecule has 2 saturated heterocycles. The van der Waals surface area contributed by atoms with Gasteiger partial charge in [0.2, 0.25) is 11.8 Å². The number of hydrogen-bond acceptors (Lipinski definition) is 4. The summed E-state index contributed by atoms with van der Waals surface area (Å²) in [5, 5.41) is 2.79. The van der Waals surface area contributed by atoms with E-state index >= 15 is 0 Å². The van der Waals surface area contributed by atoms with Gasteiger partial charge in [0, 0.05) is 62.9 Å². The van der Waals surface area contributed by atoms with Crippen LogP contribution in [0.4, 0.5) is 5.69 Å². The normalized spacial score (nSPS) is 18.8. The zero-order chi connectivity index (χ0) is 20.1. The number of likely N-dealkylation sites (N-methyl/N-ethyl adjacent to an activating group) is 1. The second kappa shape index (κ2) is 9.19. The number of rotatable bonds is 4. The van der Waals surface area contributed by atoms with E-state index in [0.29, 0.717) is 43.6 Å². The maximum absolute atomic E-state index is 12.8. The molecule has 2 fully saturated rings. The van der Waals surface area contributed by atoms with Crippen molar-refractivity contribution in [3.63, 3.8) is 0 Å². The third kappa shape index (κ3) is 4.90. The Kier molecular flexibility index (Phi) is 6.67. The Morgan fingerprint density at radius 3 is 2.32 bits per heavy atom. The number of piperidine rings is 1. The average molecular weight is 386 g/mol. The SMILES string of the molecule is CCC(=O)Nc1cccc(C(=O)N2CCC(C(=O)N3CCN(C)CC3)CC2)c1. The van der Waals surface area contributed by atoms with Crippen molar-refractivity contribution in [1.82, 2.24) is 14.7 Å². The molecule has 0 radical (unpaired) electrons. The highest BCUT2D eigenvalue weighted by Gasteiger charge is 2.31. The first-order chi connectivity index (χ1) is 13.5. The molecule has 7 heteroatoms. The van der Waals surface area contributed by atoms with Crippen molar-refractivity contribution < 1.29 is 14.4 Å². The van der Waals surface area contributed by atoms with Crippen molar-refractivity contribution in [3.05, 3.63) is 29.8 Å². The molecular formula is C21H30N4O3. The molecule has 2 heterocycles. The molecule has 2 aliphatic rings. The summed E-state index contributed by atoms with van der Waals surface area (Å²) < 4.78 is 0. The quantitative estimate of drug-likeness (QED) is 0.854. The minimum Gasteiger partial charge on any atom is -0.340 e. The molecule has 1 aromatic rings. The van der Waals surface area contributed by atoms with Gasteiger partial charge < -0.3 is 20.0 Å². The second-order valence-corrected chi connectivity index (χ2v) is 7.68. The third-order valence-corrected chi connectivity index (χ3v) is 5.66. The van der Waals surface area contributed by atoms with E-state index in [0.717, 1.165) is 26.2 Å². The molecule has 0 atom stereocenters. The standard InChI is InChI=1S/C21H30N4O3/c1-3-19(26)22-18-6-4-5-17(15-18)21(28)24-9-7-16(8-10-24)20(27)25-13-11-23(2)12-14-25/h4-6,15-16H,3,7-14H2,1-2H3,(H,22,26). The summed E-state index contributed by atoms with van der Waals surface area (Å²) in [4.78, 5) is 43.2. The van der Waals surface area contributed by atoms with Crippen LogP contribution in [0.15, 0.2) is 24.3 Å². The molecule has 0 saturated carbocycles. The van der Waals surface area contributed by atoms with Crippen LogP contribution in [-0.4, -0.2) is 78.7 Å². The fourth-order valence-electron chi connectivity index (χ4n) is 3.78. The van der Waals surface area contributed by atoms with Crippen LogP contribution in [-0.2, 0) is 9.59 Å². The number of amides is 3. The lowest BCUT2D eigenvalue weighted by Crippen LogP contribution is -2.51. The zero-order valence-corrected chi connectivity index (χ0v) is 16.8.